The summed E-state index contributed by atoms with van der Waals surface area (Å²) in [6, 6.07) is 11.9. The summed E-state index contributed by atoms with van der Waals surface area (Å²) in [5.41, 5.74) is 1.41. The van der Waals surface area contributed by atoms with E-state index in [1.165, 1.54) is 57.2 Å². The van der Waals surface area contributed by atoms with E-state index < -0.39 is 0 Å². The van der Waals surface area contributed by atoms with Gasteiger partial charge in [0.25, 0.3) is 0 Å². The molecule has 5 nitrogen and oxygen atoms in total. The number of rotatable bonds is 6. The Balaban J connectivity index is 0.00000300. The van der Waals surface area contributed by atoms with Gasteiger partial charge in [0.15, 0.2) is 5.96 Å². The van der Waals surface area contributed by atoms with Crippen LogP contribution in [0.25, 0.3) is 0 Å². The molecule has 164 valence electrons. The normalized spacial score (nSPS) is 24.4. The lowest BCUT2D eigenvalue weighted by molar-refractivity contribution is 0.134. The van der Waals surface area contributed by atoms with Gasteiger partial charge in [-0.2, -0.15) is 0 Å². The molecular weight excluding hydrogens is 473 g/mol. The van der Waals surface area contributed by atoms with Crippen molar-refractivity contribution in [3.05, 3.63) is 35.9 Å². The van der Waals surface area contributed by atoms with Gasteiger partial charge in [-0.05, 0) is 51.3 Å². The highest BCUT2D eigenvalue weighted by Gasteiger charge is 2.26. The summed E-state index contributed by atoms with van der Waals surface area (Å²) in [7, 11) is 1.88. The van der Waals surface area contributed by atoms with Crippen LogP contribution in [0.5, 0.6) is 0 Å². The van der Waals surface area contributed by atoms with E-state index in [2.05, 4.69) is 62.7 Å². The molecule has 0 bridgehead atoms. The molecule has 2 fully saturated rings. The third-order valence-corrected chi connectivity index (χ3v) is 6.23. The second-order valence-corrected chi connectivity index (χ2v) is 8.43. The van der Waals surface area contributed by atoms with E-state index in [1.807, 2.05) is 7.05 Å². The van der Waals surface area contributed by atoms with E-state index in [1.54, 1.807) is 0 Å². The first-order valence-corrected chi connectivity index (χ1v) is 11.2. The van der Waals surface area contributed by atoms with Crippen LogP contribution in [0.1, 0.15) is 51.0 Å². The number of halogens is 1. The van der Waals surface area contributed by atoms with Gasteiger partial charge in [-0.1, -0.05) is 43.2 Å². The van der Waals surface area contributed by atoms with Crippen LogP contribution in [0, 0.1) is 0 Å². The second kappa shape index (κ2) is 13.4. The van der Waals surface area contributed by atoms with Crippen LogP contribution in [0.15, 0.2) is 35.3 Å². The lowest BCUT2D eigenvalue weighted by atomic mass is 9.97. The lowest BCUT2D eigenvalue weighted by Crippen LogP contribution is -2.52. The van der Waals surface area contributed by atoms with Gasteiger partial charge in [0, 0.05) is 45.3 Å². The molecule has 0 spiro atoms. The molecule has 0 saturated carbocycles. The maximum Gasteiger partial charge on any atom is 0.191 e. The number of piperidine rings is 1. The zero-order valence-corrected chi connectivity index (χ0v) is 20.6. The highest BCUT2D eigenvalue weighted by Crippen LogP contribution is 2.20. The van der Waals surface area contributed by atoms with Crippen LogP contribution < -0.4 is 10.6 Å². The van der Waals surface area contributed by atoms with Gasteiger partial charge in [-0.3, -0.25) is 9.89 Å². The fourth-order valence-electron chi connectivity index (χ4n) is 4.48. The number of nitrogens with one attached hydrogen (secondary N) is 2. The quantitative estimate of drug-likeness (QED) is 0.346. The zero-order chi connectivity index (χ0) is 19.6. The number of likely N-dealkylation sites (tertiary alicyclic amines) is 2. The first kappa shape index (κ1) is 24.4. The van der Waals surface area contributed by atoms with E-state index in [9.17, 15) is 0 Å². The van der Waals surface area contributed by atoms with Gasteiger partial charge in [-0.15, -0.1) is 24.0 Å². The number of aliphatic imine (C=N–C) groups is 1. The molecule has 1 aromatic carbocycles. The molecule has 2 atom stereocenters. The third kappa shape index (κ3) is 8.42. The van der Waals surface area contributed by atoms with E-state index in [0.717, 1.165) is 32.1 Å². The molecule has 2 heterocycles. The molecule has 2 saturated heterocycles. The van der Waals surface area contributed by atoms with Gasteiger partial charge in [-0.25, -0.2) is 0 Å². The van der Waals surface area contributed by atoms with Crippen LogP contribution in [0.4, 0.5) is 0 Å². The molecule has 2 aliphatic rings. The largest absolute Gasteiger partial charge is 0.355 e. The smallest absolute Gasteiger partial charge is 0.191 e. The van der Waals surface area contributed by atoms with Crippen LogP contribution in [-0.4, -0.2) is 67.6 Å². The van der Waals surface area contributed by atoms with Crippen molar-refractivity contribution in [1.29, 1.82) is 0 Å². The summed E-state index contributed by atoms with van der Waals surface area (Å²) in [6.07, 6.45) is 7.84. The molecule has 0 amide bonds. The summed E-state index contributed by atoms with van der Waals surface area (Å²) in [6.45, 7) is 9.15. The summed E-state index contributed by atoms with van der Waals surface area (Å²) in [5.74, 6) is 0.962. The first-order chi connectivity index (χ1) is 13.7. The van der Waals surface area contributed by atoms with Crippen molar-refractivity contribution in [2.45, 2.75) is 64.1 Å². The molecular formula is C23H40IN5. The minimum Gasteiger partial charge on any atom is -0.355 e. The van der Waals surface area contributed by atoms with Crippen LogP contribution >= 0.6 is 24.0 Å². The fourth-order valence-corrected chi connectivity index (χ4v) is 4.48. The van der Waals surface area contributed by atoms with Crippen molar-refractivity contribution in [3.63, 3.8) is 0 Å². The Bertz CT molecular complexity index is 586. The Morgan fingerprint density at radius 3 is 2.45 bits per heavy atom. The molecule has 2 N–H and O–H groups in total. The SMILES string of the molecule is CN=C(NCCN1CCCCCC1)NC1CCN(Cc2ccccc2)C(C)C1.I. The van der Waals surface area contributed by atoms with E-state index in [-0.39, 0.29) is 24.0 Å². The summed E-state index contributed by atoms with van der Waals surface area (Å²) >= 11 is 0. The molecule has 6 heteroatoms. The average molecular weight is 514 g/mol. The number of nitrogens with zero attached hydrogens (tertiary/aromatic N) is 3. The Labute approximate surface area is 194 Å². The Morgan fingerprint density at radius 2 is 1.79 bits per heavy atom. The Kier molecular flexibility index (Phi) is 11.3. The van der Waals surface area contributed by atoms with Crippen LogP contribution in [0.2, 0.25) is 0 Å². The summed E-state index contributed by atoms with van der Waals surface area (Å²) < 4.78 is 0. The predicted molar refractivity (Wildman–Crippen MR) is 134 cm³/mol. The van der Waals surface area contributed by atoms with Gasteiger partial charge < -0.3 is 15.5 Å². The lowest BCUT2D eigenvalue weighted by Gasteiger charge is -2.38. The molecule has 0 radical (unpaired) electrons. The van der Waals surface area contributed by atoms with E-state index in [0.29, 0.717) is 12.1 Å². The molecule has 29 heavy (non-hydrogen) atoms. The van der Waals surface area contributed by atoms with Crippen molar-refractivity contribution >= 4 is 29.9 Å². The Morgan fingerprint density at radius 1 is 1.07 bits per heavy atom. The van der Waals surface area contributed by atoms with Gasteiger partial charge in [0.05, 0.1) is 0 Å². The van der Waals surface area contributed by atoms with Crippen molar-refractivity contribution < 1.29 is 0 Å². The van der Waals surface area contributed by atoms with Gasteiger partial charge >= 0.3 is 0 Å². The minimum absolute atomic E-state index is 0. The number of guanidine groups is 1. The maximum absolute atomic E-state index is 4.46. The second-order valence-electron chi connectivity index (χ2n) is 8.43. The summed E-state index contributed by atoms with van der Waals surface area (Å²) in [5, 5.41) is 7.20. The molecule has 3 rings (SSSR count). The number of hydrogen-bond donors (Lipinski definition) is 2. The number of hydrogen-bond acceptors (Lipinski definition) is 3. The van der Waals surface area contributed by atoms with E-state index in [4.69, 9.17) is 0 Å². The van der Waals surface area contributed by atoms with Crippen molar-refractivity contribution in [2.24, 2.45) is 4.99 Å². The van der Waals surface area contributed by atoms with Gasteiger partial charge in [0.1, 0.15) is 0 Å². The summed E-state index contributed by atoms with van der Waals surface area (Å²) in [4.78, 5) is 9.65. The van der Waals surface area contributed by atoms with Crippen molar-refractivity contribution in [3.8, 4) is 0 Å². The fraction of sp³-hybridized carbons (Fsp3) is 0.696. The first-order valence-electron chi connectivity index (χ1n) is 11.2. The minimum atomic E-state index is 0. The molecule has 0 aliphatic carbocycles. The highest BCUT2D eigenvalue weighted by molar-refractivity contribution is 14.0. The number of benzene rings is 1. The van der Waals surface area contributed by atoms with E-state index >= 15 is 0 Å². The topological polar surface area (TPSA) is 42.9 Å². The van der Waals surface area contributed by atoms with Gasteiger partial charge in [0.2, 0.25) is 0 Å². The van der Waals surface area contributed by atoms with Crippen molar-refractivity contribution in [2.75, 3.05) is 39.8 Å². The zero-order valence-electron chi connectivity index (χ0n) is 18.3. The molecule has 2 aliphatic heterocycles. The standard InChI is InChI=1S/C23H39N5.HI/c1-20-18-22(12-16-28(20)19-21-10-6-5-7-11-21)26-23(24-2)25-13-17-27-14-8-3-4-9-15-27;/h5-7,10-11,20,22H,3-4,8-9,12-19H2,1-2H3,(H2,24,25,26);1H. The average Bonchev–Trinajstić information content (AvgIpc) is 2.99. The maximum atomic E-state index is 4.46. The van der Waals surface area contributed by atoms with Crippen LogP contribution in [0.3, 0.4) is 0 Å². The molecule has 0 aromatic heterocycles. The van der Waals surface area contributed by atoms with Crippen molar-refractivity contribution in [1.82, 2.24) is 20.4 Å². The predicted octanol–water partition coefficient (Wildman–Crippen LogP) is 3.70. The third-order valence-electron chi connectivity index (χ3n) is 6.23. The van der Waals surface area contributed by atoms with Crippen LogP contribution in [-0.2, 0) is 6.54 Å². The Hall–Kier alpha value is -0.860. The molecule has 1 aromatic rings. The monoisotopic (exact) mass is 513 g/mol. The molecule has 2 unspecified atom stereocenters. The highest BCUT2D eigenvalue weighted by atomic mass is 127.